The fourth-order valence-corrected chi connectivity index (χ4v) is 4.76. The van der Waals surface area contributed by atoms with E-state index in [2.05, 4.69) is 15.6 Å². The Bertz CT molecular complexity index is 1250. The first kappa shape index (κ1) is 23.6. The molecule has 0 radical (unpaired) electrons. The summed E-state index contributed by atoms with van der Waals surface area (Å²) in [5, 5.41) is 7.49. The zero-order chi connectivity index (χ0) is 23.5. The first-order valence-corrected chi connectivity index (χ1v) is 12.0. The van der Waals surface area contributed by atoms with Gasteiger partial charge in [0.25, 0.3) is 5.91 Å². The SMILES string of the molecule is Cc1cccc(C)c1-c1csc(NC(=O)CNC(=O)c2cccc(S(=O)(=O)N(C)C)c2)n1. The third kappa shape index (κ3) is 5.21. The number of thiazole rings is 1. The summed E-state index contributed by atoms with van der Waals surface area (Å²) in [6, 6.07) is 11.7. The molecule has 8 nitrogen and oxygen atoms in total. The van der Waals surface area contributed by atoms with Crippen LogP contribution >= 0.6 is 11.3 Å². The molecular weight excluding hydrogens is 448 g/mol. The Morgan fingerprint density at radius 1 is 1.06 bits per heavy atom. The number of nitrogens with one attached hydrogen (secondary N) is 2. The first-order valence-electron chi connectivity index (χ1n) is 9.72. The largest absolute Gasteiger partial charge is 0.343 e. The maximum Gasteiger partial charge on any atom is 0.251 e. The fraction of sp³-hybridized carbons (Fsp3) is 0.227. The van der Waals surface area contributed by atoms with Crippen molar-refractivity contribution in [1.29, 1.82) is 0 Å². The molecule has 0 unspecified atom stereocenters. The highest BCUT2D eigenvalue weighted by Crippen LogP contribution is 2.30. The van der Waals surface area contributed by atoms with Crippen molar-refractivity contribution in [1.82, 2.24) is 14.6 Å². The molecule has 2 aromatic carbocycles. The minimum Gasteiger partial charge on any atom is -0.343 e. The molecule has 1 aromatic heterocycles. The van der Waals surface area contributed by atoms with Gasteiger partial charge in [0.1, 0.15) is 0 Å². The second-order valence-electron chi connectivity index (χ2n) is 7.35. The highest BCUT2D eigenvalue weighted by atomic mass is 32.2. The lowest BCUT2D eigenvalue weighted by Crippen LogP contribution is -2.33. The monoisotopic (exact) mass is 472 g/mol. The molecule has 0 saturated carbocycles. The van der Waals surface area contributed by atoms with Crippen LogP contribution in [0.5, 0.6) is 0 Å². The van der Waals surface area contributed by atoms with Gasteiger partial charge in [0, 0.05) is 30.6 Å². The minimum atomic E-state index is -3.66. The summed E-state index contributed by atoms with van der Waals surface area (Å²) < 4.78 is 25.6. The number of sulfonamides is 1. The molecule has 0 aliphatic carbocycles. The van der Waals surface area contributed by atoms with Gasteiger partial charge in [0.15, 0.2) is 5.13 Å². The Morgan fingerprint density at radius 2 is 1.72 bits per heavy atom. The number of aryl methyl sites for hydroxylation is 2. The van der Waals surface area contributed by atoms with Crippen molar-refractivity contribution in [3.8, 4) is 11.3 Å². The van der Waals surface area contributed by atoms with E-state index in [9.17, 15) is 18.0 Å². The summed E-state index contributed by atoms with van der Waals surface area (Å²) >= 11 is 1.30. The maximum absolute atomic E-state index is 12.4. The van der Waals surface area contributed by atoms with E-state index in [1.165, 1.54) is 49.7 Å². The van der Waals surface area contributed by atoms with E-state index in [-0.39, 0.29) is 17.0 Å². The second-order valence-corrected chi connectivity index (χ2v) is 10.4. The molecule has 0 aliphatic heterocycles. The topological polar surface area (TPSA) is 108 Å². The molecule has 2 N–H and O–H groups in total. The van der Waals surface area contributed by atoms with Crippen LogP contribution in [0.3, 0.4) is 0 Å². The van der Waals surface area contributed by atoms with Crippen LogP contribution in [-0.2, 0) is 14.8 Å². The number of rotatable bonds is 7. The number of hydrogen-bond donors (Lipinski definition) is 2. The molecule has 0 atom stereocenters. The Kier molecular flexibility index (Phi) is 7.07. The van der Waals surface area contributed by atoms with Crippen molar-refractivity contribution < 1.29 is 18.0 Å². The normalized spacial score (nSPS) is 11.4. The van der Waals surface area contributed by atoms with Crippen LogP contribution in [0.1, 0.15) is 21.5 Å². The standard InChI is InChI=1S/C22H24N4O4S2/c1-14-7-5-8-15(2)20(14)18-13-31-22(24-18)25-19(27)12-23-21(28)16-9-6-10-17(11-16)32(29,30)26(3)4/h5-11,13H,12H2,1-4H3,(H,23,28)(H,24,25,27). The van der Waals surface area contributed by atoms with E-state index in [1.54, 1.807) is 0 Å². The van der Waals surface area contributed by atoms with Crippen molar-refractivity contribution in [3.63, 3.8) is 0 Å². The molecule has 3 rings (SSSR count). The molecule has 0 spiro atoms. The van der Waals surface area contributed by atoms with Crippen molar-refractivity contribution in [2.45, 2.75) is 18.7 Å². The van der Waals surface area contributed by atoms with Crippen LogP contribution in [0.4, 0.5) is 5.13 Å². The summed E-state index contributed by atoms with van der Waals surface area (Å²) in [7, 11) is -0.837. The quantitative estimate of drug-likeness (QED) is 0.549. The Hall–Kier alpha value is -3.08. The van der Waals surface area contributed by atoms with Crippen LogP contribution < -0.4 is 10.6 Å². The van der Waals surface area contributed by atoms with E-state index in [0.29, 0.717) is 5.13 Å². The van der Waals surface area contributed by atoms with Gasteiger partial charge in [-0.15, -0.1) is 11.3 Å². The summed E-state index contributed by atoms with van der Waals surface area (Å²) in [5.74, 6) is -0.982. The van der Waals surface area contributed by atoms with Crippen molar-refractivity contribution in [2.75, 3.05) is 26.0 Å². The van der Waals surface area contributed by atoms with Crippen molar-refractivity contribution >= 4 is 38.3 Å². The van der Waals surface area contributed by atoms with Crippen molar-refractivity contribution in [2.24, 2.45) is 0 Å². The van der Waals surface area contributed by atoms with E-state index in [1.807, 2.05) is 37.4 Å². The van der Waals surface area contributed by atoms with E-state index in [0.717, 1.165) is 26.7 Å². The van der Waals surface area contributed by atoms with Gasteiger partial charge >= 0.3 is 0 Å². The van der Waals surface area contributed by atoms with Gasteiger partial charge < -0.3 is 10.6 Å². The Balaban J connectivity index is 1.63. The van der Waals surface area contributed by atoms with Gasteiger partial charge in [-0.05, 0) is 43.2 Å². The highest BCUT2D eigenvalue weighted by molar-refractivity contribution is 7.89. The molecule has 32 heavy (non-hydrogen) atoms. The molecule has 2 amide bonds. The first-order chi connectivity index (χ1) is 15.1. The predicted octanol–water partition coefficient (Wildman–Crippen LogP) is 3.05. The van der Waals surface area contributed by atoms with Gasteiger partial charge in [-0.1, -0.05) is 24.3 Å². The number of carbonyl (C=O) groups excluding carboxylic acids is 2. The number of anilines is 1. The molecule has 0 saturated heterocycles. The summed E-state index contributed by atoms with van der Waals surface area (Å²) in [6.45, 7) is 3.74. The third-order valence-corrected chi connectivity index (χ3v) is 7.34. The van der Waals surface area contributed by atoms with Gasteiger partial charge in [-0.3, -0.25) is 9.59 Å². The zero-order valence-corrected chi connectivity index (χ0v) is 19.8. The predicted molar refractivity (Wildman–Crippen MR) is 125 cm³/mol. The number of hydrogen-bond acceptors (Lipinski definition) is 6. The van der Waals surface area contributed by atoms with Crippen LogP contribution in [0.2, 0.25) is 0 Å². The van der Waals surface area contributed by atoms with Crippen LogP contribution in [0, 0.1) is 13.8 Å². The van der Waals surface area contributed by atoms with Gasteiger partial charge in [0.2, 0.25) is 15.9 Å². The molecule has 1 heterocycles. The number of aromatic nitrogens is 1. The fourth-order valence-electron chi connectivity index (χ4n) is 3.10. The molecule has 0 fully saturated rings. The number of benzene rings is 2. The summed E-state index contributed by atoms with van der Waals surface area (Å²) in [5.41, 5.74) is 4.15. The van der Waals surface area contributed by atoms with E-state index >= 15 is 0 Å². The third-order valence-electron chi connectivity index (χ3n) is 4.77. The molecule has 10 heteroatoms. The number of amides is 2. The van der Waals surface area contributed by atoms with Gasteiger partial charge in [-0.25, -0.2) is 17.7 Å². The lowest BCUT2D eigenvalue weighted by Gasteiger charge is -2.12. The van der Waals surface area contributed by atoms with Crippen molar-refractivity contribution in [3.05, 3.63) is 64.5 Å². The minimum absolute atomic E-state index is 0.00131. The molecule has 0 bridgehead atoms. The number of carbonyl (C=O) groups is 2. The lowest BCUT2D eigenvalue weighted by molar-refractivity contribution is -0.115. The van der Waals surface area contributed by atoms with Gasteiger partial charge in [0.05, 0.1) is 17.1 Å². The van der Waals surface area contributed by atoms with Crippen LogP contribution in [-0.4, -0.2) is 50.2 Å². The van der Waals surface area contributed by atoms with Crippen LogP contribution in [0.15, 0.2) is 52.7 Å². The highest BCUT2D eigenvalue weighted by Gasteiger charge is 2.19. The summed E-state index contributed by atoms with van der Waals surface area (Å²) in [4.78, 5) is 29.2. The van der Waals surface area contributed by atoms with Gasteiger partial charge in [-0.2, -0.15) is 0 Å². The smallest absolute Gasteiger partial charge is 0.251 e. The lowest BCUT2D eigenvalue weighted by atomic mass is 10.0. The van der Waals surface area contributed by atoms with E-state index < -0.39 is 21.8 Å². The zero-order valence-electron chi connectivity index (χ0n) is 18.2. The summed E-state index contributed by atoms with van der Waals surface area (Å²) in [6.07, 6.45) is 0. The molecular formula is C22H24N4O4S2. The molecule has 3 aromatic rings. The average molecular weight is 473 g/mol. The molecule has 168 valence electrons. The second kappa shape index (κ2) is 9.60. The maximum atomic E-state index is 12.4. The molecule has 0 aliphatic rings. The van der Waals surface area contributed by atoms with Crippen LogP contribution in [0.25, 0.3) is 11.3 Å². The van der Waals surface area contributed by atoms with E-state index in [4.69, 9.17) is 0 Å². The Morgan fingerprint density at radius 3 is 2.38 bits per heavy atom. The number of nitrogens with zero attached hydrogens (tertiary/aromatic N) is 2. The average Bonchev–Trinajstić information content (AvgIpc) is 3.19. The Labute approximate surface area is 191 Å².